The first-order chi connectivity index (χ1) is 9.77. The number of nitrogens with zero attached hydrogens (tertiary/aromatic N) is 1. The number of carboxylic acid groups (broad SMARTS) is 1. The lowest BCUT2D eigenvalue weighted by atomic mass is 10.0. The summed E-state index contributed by atoms with van der Waals surface area (Å²) < 4.78 is 5.16. The average Bonchev–Trinajstić information content (AvgIpc) is 2.41. The number of carbonyl (C=O) groups excluding carboxylic acids is 1. The molecule has 6 heteroatoms. The summed E-state index contributed by atoms with van der Waals surface area (Å²) >= 11 is 0. The van der Waals surface area contributed by atoms with E-state index in [1.165, 1.54) is 0 Å². The van der Waals surface area contributed by atoms with Crippen molar-refractivity contribution in [2.24, 2.45) is 0 Å². The summed E-state index contributed by atoms with van der Waals surface area (Å²) in [5, 5.41) is 18.4. The van der Waals surface area contributed by atoms with Crippen molar-refractivity contribution in [2.75, 3.05) is 6.61 Å². The lowest BCUT2D eigenvalue weighted by molar-refractivity contribution is -0.146. The van der Waals surface area contributed by atoms with E-state index in [-0.39, 0.29) is 6.61 Å². The number of carbonyl (C=O) groups is 2. The molecule has 2 N–H and O–H groups in total. The van der Waals surface area contributed by atoms with Crippen LogP contribution >= 0.6 is 0 Å². The molecule has 116 valence electrons. The van der Waals surface area contributed by atoms with Crippen LogP contribution in [0.1, 0.15) is 26.3 Å². The Balaban J connectivity index is 2.84. The lowest BCUT2D eigenvalue weighted by Gasteiger charge is -2.38. The van der Waals surface area contributed by atoms with Crippen molar-refractivity contribution in [2.45, 2.75) is 39.0 Å². The van der Waals surface area contributed by atoms with E-state index in [1.807, 2.05) is 18.2 Å². The molecule has 0 heterocycles. The highest BCUT2D eigenvalue weighted by Gasteiger charge is 2.38. The maximum Gasteiger partial charge on any atom is 0.411 e. The van der Waals surface area contributed by atoms with E-state index in [9.17, 15) is 14.7 Å². The standard InChI is InChI=1S/C15H21NO5/c1-15(2,3)16(12(9-17)13(18)19)14(20)21-10-11-7-5-4-6-8-11/h4-8,12,17H,9-10H2,1-3H3,(H,18,19)/t12-/m0/s1. The van der Waals surface area contributed by atoms with E-state index in [2.05, 4.69) is 0 Å². The van der Waals surface area contributed by atoms with Gasteiger partial charge in [-0.3, -0.25) is 4.90 Å². The fourth-order valence-corrected chi connectivity index (χ4v) is 1.93. The zero-order chi connectivity index (χ0) is 16.0. The van der Waals surface area contributed by atoms with Gasteiger partial charge in [-0.05, 0) is 26.3 Å². The van der Waals surface area contributed by atoms with Gasteiger partial charge in [0.05, 0.1) is 6.61 Å². The van der Waals surface area contributed by atoms with E-state index < -0.39 is 30.3 Å². The Labute approximate surface area is 124 Å². The molecule has 1 aromatic rings. The highest BCUT2D eigenvalue weighted by atomic mass is 16.6. The van der Waals surface area contributed by atoms with Crippen LogP contribution in [0.2, 0.25) is 0 Å². The minimum absolute atomic E-state index is 0.0457. The predicted octanol–water partition coefficient (Wildman–Crippen LogP) is 1.87. The van der Waals surface area contributed by atoms with E-state index in [0.29, 0.717) is 0 Å². The second kappa shape index (κ2) is 7.08. The molecule has 1 aromatic carbocycles. The zero-order valence-electron chi connectivity index (χ0n) is 12.4. The monoisotopic (exact) mass is 295 g/mol. The van der Waals surface area contributed by atoms with E-state index in [4.69, 9.17) is 9.84 Å². The number of rotatable bonds is 5. The first kappa shape index (κ1) is 17.0. The molecule has 21 heavy (non-hydrogen) atoms. The average molecular weight is 295 g/mol. The molecule has 0 saturated heterocycles. The fraction of sp³-hybridized carbons (Fsp3) is 0.467. The molecule has 0 aliphatic carbocycles. The molecule has 0 bridgehead atoms. The Morgan fingerprint density at radius 1 is 1.24 bits per heavy atom. The van der Waals surface area contributed by atoms with Crippen LogP contribution in [0.4, 0.5) is 4.79 Å². The molecule has 1 amide bonds. The van der Waals surface area contributed by atoms with E-state index in [1.54, 1.807) is 32.9 Å². The third-order valence-electron chi connectivity index (χ3n) is 2.89. The first-order valence-electron chi connectivity index (χ1n) is 6.61. The third kappa shape index (κ3) is 4.75. The first-order valence-corrected chi connectivity index (χ1v) is 6.61. The fourth-order valence-electron chi connectivity index (χ4n) is 1.93. The molecule has 1 atom stereocenters. The quantitative estimate of drug-likeness (QED) is 0.866. The number of hydrogen-bond acceptors (Lipinski definition) is 4. The van der Waals surface area contributed by atoms with Gasteiger partial charge in [-0.15, -0.1) is 0 Å². The summed E-state index contributed by atoms with van der Waals surface area (Å²) in [5.41, 5.74) is 0.00936. The summed E-state index contributed by atoms with van der Waals surface area (Å²) in [4.78, 5) is 24.4. The molecule has 0 unspecified atom stereocenters. The number of amides is 1. The maximum atomic E-state index is 12.2. The van der Waals surface area contributed by atoms with Crippen molar-refractivity contribution >= 4 is 12.1 Å². The van der Waals surface area contributed by atoms with Gasteiger partial charge in [0.15, 0.2) is 6.04 Å². The minimum atomic E-state index is -1.34. The SMILES string of the molecule is CC(C)(C)N(C(=O)OCc1ccccc1)[C@@H](CO)C(=O)O. The van der Waals surface area contributed by atoms with Crippen LogP contribution in [0.25, 0.3) is 0 Å². The number of aliphatic carboxylic acids is 1. The van der Waals surface area contributed by atoms with Crippen LogP contribution < -0.4 is 0 Å². The van der Waals surface area contributed by atoms with Crippen LogP contribution in [-0.4, -0.2) is 45.4 Å². The largest absolute Gasteiger partial charge is 0.480 e. The van der Waals surface area contributed by atoms with Gasteiger partial charge in [0.25, 0.3) is 0 Å². The summed E-state index contributed by atoms with van der Waals surface area (Å²) in [7, 11) is 0. The highest BCUT2D eigenvalue weighted by Crippen LogP contribution is 2.19. The topological polar surface area (TPSA) is 87.1 Å². The molecule has 1 rings (SSSR count). The van der Waals surface area contributed by atoms with Crippen molar-refractivity contribution in [1.29, 1.82) is 0 Å². The molecule has 0 fully saturated rings. The second-order valence-corrected chi connectivity index (χ2v) is 5.62. The van der Waals surface area contributed by atoms with Crippen molar-refractivity contribution < 1.29 is 24.5 Å². The molecule has 0 aliphatic rings. The van der Waals surface area contributed by atoms with Crippen molar-refractivity contribution in [3.8, 4) is 0 Å². The predicted molar refractivity (Wildman–Crippen MR) is 76.7 cm³/mol. The minimum Gasteiger partial charge on any atom is -0.480 e. The number of ether oxygens (including phenoxy) is 1. The van der Waals surface area contributed by atoms with Gasteiger partial charge < -0.3 is 14.9 Å². The van der Waals surface area contributed by atoms with Crippen LogP contribution in [0.15, 0.2) is 30.3 Å². The number of benzene rings is 1. The Morgan fingerprint density at radius 2 is 1.81 bits per heavy atom. The zero-order valence-corrected chi connectivity index (χ0v) is 12.4. The third-order valence-corrected chi connectivity index (χ3v) is 2.89. The molecule has 0 radical (unpaired) electrons. The van der Waals surface area contributed by atoms with Gasteiger partial charge in [-0.1, -0.05) is 30.3 Å². The molecular weight excluding hydrogens is 274 g/mol. The summed E-state index contributed by atoms with van der Waals surface area (Å²) in [5.74, 6) is -1.27. The molecule has 0 aromatic heterocycles. The molecular formula is C15H21NO5. The lowest BCUT2D eigenvalue weighted by Crippen LogP contribution is -2.56. The molecule has 0 spiro atoms. The van der Waals surface area contributed by atoms with Crippen molar-refractivity contribution in [3.05, 3.63) is 35.9 Å². The number of carboxylic acids is 1. The van der Waals surface area contributed by atoms with Gasteiger partial charge in [-0.25, -0.2) is 9.59 Å². The van der Waals surface area contributed by atoms with Gasteiger partial charge in [0, 0.05) is 5.54 Å². The van der Waals surface area contributed by atoms with Crippen LogP contribution in [0.3, 0.4) is 0 Å². The van der Waals surface area contributed by atoms with Gasteiger partial charge >= 0.3 is 12.1 Å². The Hall–Kier alpha value is -2.08. The molecule has 6 nitrogen and oxygen atoms in total. The summed E-state index contributed by atoms with van der Waals surface area (Å²) in [6.45, 7) is 4.42. The Kier molecular flexibility index (Phi) is 5.72. The number of hydrogen-bond donors (Lipinski definition) is 2. The second-order valence-electron chi connectivity index (χ2n) is 5.62. The van der Waals surface area contributed by atoms with Crippen molar-refractivity contribution in [3.63, 3.8) is 0 Å². The molecule has 0 aliphatic heterocycles. The number of aliphatic hydroxyl groups excluding tert-OH is 1. The summed E-state index contributed by atoms with van der Waals surface area (Å²) in [6, 6.07) is 7.74. The highest BCUT2D eigenvalue weighted by molar-refractivity contribution is 5.80. The van der Waals surface area contributed by atoms with E-state index in [0.717, 1.165) is 10.5 Å². The molecule has 0 saturated carbocycles. The Bertz CT molecular complexity index is 481. The van der Waals surface area contributed by atoms with Crippen LogP contribution in [0.5, 0.6) is 0 Å². The number of aliphatic hydroxyl groups is 1. The van der Waals surface area contributed by atoms with Gasteiger partial charge in [0.2, 0.25) is 0 Å². The van der Waals surface area contributed by atoms with Crippen LogP contribution in [-0.2, 0) is 16.1 Å². The summed E-state index contributed by atoms with van der Waals surface area (Å²) in [6.07, 6.45) is -0.771. The van der Waals surface area contributed by atoms with Gasteiger partial charge in [0.1, 0.15) is 6.61 Å². The smallest absolute Gasteiger partial charge is 0.411 e. The van der Waals surface area contributed by atoms with Crippen molar-refractivity contribution in [1.82, 2.24) is 4.90 Å². The van der Waals surface area contributed by atoms with Gasteiger partial charge in [-0.2, -0.15) is 0 Å². The van der Waals surface area contributed by atoms with E-state index >= 15 is 0 Å². The maximum absolute atomic E-state index is 12.2. The Morgan fingerprint density at radius 3 is 2.24 bits per heavy atom. The van der Waals surface area contributed by atoms with Crippen LogP contribution in [0, 0.1) is 0 Å². The normalized spacial score (nSPS) is 12.6.